The van der Waals surface area contributed by atoms with E-state index in [-0.39, 0.29) is 6.54 Å². The summed E-state index contributed by atoms with van der Waals surface area (Å²) in [5.74, 6) is 7.98. The van der Waals surface area contributed by atoms with Gasteiger partial charge in [-0.25, -0.2) is 23.1 Å². The smallest absolute Gasteiger partial charge is 0.209 e. The molecule has 4 rings (SSSR count). The summed E-state index contributed by atoms with van der Waals surface area (Å²) in [7, 11) is -3.27. The number of rotatable bonds is 6. The molecule has 0 atom stereocenters. The summed E-state index contributed by atoms with van der Waals surface area (Å²) in [6, 6.07) is 21.1. The summed E-state index contributed by atoms with van der Waals surface area (Å²) in [6.07, 6.45) is 2.60. The van der Waals surface area contributed by atoms with Crippen molar-refractivity contribution in [1.82, 2.24) is 14.7 Å². The Bertz CT molecular complexity index is 1460. The Morgan fingerprint density at radius 2 is 1.82 bits per heavy atom. The summed E-state index contributed by atoms with van der Waals surface area (Å²) < 4.78 is 30.6. The molecule has 0 radical (unpaired) electrons. The van der Waals surface area contributed by atoms with Crippen LogP contribution in [0, 0.1) is 18.8 Å². The maximum absolute atomic E-state index is 11.2. The second-order valence-corrected chi connectivity index (χ2v) is 9.20. The number of hydrogen-bond acceptors (Lipinski definition) is 6. The third kappa shape index (κ3) is 6.07. The monoisotopic (exact) mass is 458 g/mol. The normalized spacial score (nSPS) is 11.0. The number of benzene rings is 3. The molecule has 0 saturated carbocycles. The van der Waals surface area contributed by atoms with Crippen molar-refractivity contribution >= 4 is 32.4 Å². The van der Waals surface area contributed by atoms with E-state index >= 15 is 0 Å². The molecule has 0 aliphatic carbocycles. The molecule has 166 valence electrons. The number of anilines is 2. The van der Waals surface area contributed by atoms with Gasteiger partial charge in [0.1, 0.15) is 23.6 Å². The van der Waals surface area contributed by atoms with E-state index in [2.05, 4.69) is 31.8 Å². The largest absolute Gasteiger partial charge is 0.457 e. The van der Waals surface area contributed by atoms with Crippen molar-refractivity contribution in [3.8, 4) is 23.3 Å². The van der Waals surface area contributed by atoms with Crippen molar-refractivity contribution in [2.45, 2.75) is 6.92 Å². The molecule has 1 heterocycles. The first-order chi connectivity index (χ1) is 15.9. The van der Waals surface area contributed by atoms with Crippen molar-refractivity contribution in [2.24, 2.45) is 0 Å². The van der Waals surface area contributed by atoms with Crippen molar-refractivity contribution < 1.29 is 13.2 Å². The van der Waals surface area contributed by atoms with Crippen LogP contribution in [0.25, 0.3) is 10.9 Å². The zero-order valence-corrected chi connectivity index (χ0v) is 19.0. The molecule has 0 spiro atoms. The first-order valence-corrected chi connectivity index (χ1v) is 12.1. The maximum atomic E-state index is 11.2. The molecule has 0 unspecified atom stereocenters. The van der Waals surface area contributed by atoms with Gasteiger partial charge in [0.05, 0.1) is 18.3 Å². The fraction of sp³-hybridized carbons (Fsp3) is 0.120. The standard InChI is InChI=1S/C25H22N4O3S/c1-18-15-20(11-13-24(18)32-21-8-4-3-5-9-21)29-25-22-16-19(7-6-14-28-33(2,30)31)10-12-23(22)26-17-27-25/h3-5,8-13,15-17,28H,14H2,1-2H3,(H,26,27,29). The second-order valence-electron chi connectivity index (χ2n) is 7.37. The average Bonchev–Trinajstić information content (AvgIpc) is 2.79. The number of aryl methyl sites for hydroxylation is 1. The zero-order chi connectivity index (χ0) is 23.3. The van der Waals surface area contributed by atoms with E-state index in [1.54, 1.807) is 0 Å². The molecule has 0 fully saturated rings. The topological polar surface area (TPSA) is 93.2 Å². The Balaban J connectivity index is 1.55. The lowest BCUT2D eigenvalue weighted by atomic mass is 10.1. The first-order valence-electron chi connectivity index (χ1n) is 10.2. The number of nitrogens with one attached hydrogen (secondary N) is 2. The molecule has 3 aromatic carbocycles. The molecule has 0 aliphatic heterocycles. The van der Waals surface area contributed by atoms with E-state index < -0.39 is 10.0 Å². The SMILES string of the molecule is Cc1cc(Nc2ncnc3ccc(C#CCNS(C)(=O)=O)cc23)ccc1Oc1ccccc1. The van der Waals surface area contributed by atoms with Gasteiger partial charge in [-0.1, -0.05) is 30.0 Å². The molecule has 1 aromatic heterocycles. The van der Waals surface area contributed by atoms with Crippen molar-refractivity contribution in [1.29, 1.82) is 0 Å². The van der Waals surface area contributed by atoms with Crippen LogP contribution in [0.5, 0.6) is 11.5 Å². The molecular weight excluding hydrogens is 436 g/mol. The molecule has 33 heavy (non-hydrogen) atoms. The highest BCUT2D eigenvalue weighted by atomic mass is 32.2. The molecule has 7 nitrogen and oxygen atoms in total. The minimum absolute atomic E-state index is 0.0456. The fourth-order valence-electron chi connectivity index (χ4n) is 3.14. The van der Waals surface area contributed by atoms with Gasteiger partial charge in [0.25, 0.3) is 0 Å². The van der Waals surface area contributed by atoms with Crippen LogP contribution in [0.4, 0.5) is 11.5 Å². The summed E-state index contributed by atoms with van der Waals surface area (Å²) in [5, 5.41) is 4.15. The van der Waals surface area contributed by atoms with Gasteiger partial charge < -0.3 is 10.1 Å². The quantitative estimate of drug-likeness (QED) is 0.417. The van der Waals surface area contributed by atoms with Gasteiger partial charge in [0.2, 0.25) is 10.0 Å². The Morgan fingerprint density at radius 3 is 2.58 bits per heavy atom. The molecule has 0 amide bonds. The van der Waals surface area contributed by atoms with Crippen LogP contribution in [0.2, 0.25) is 0 Å². The van der Waals surface area contributed by atoms with Gasteiger partial charge in [-0.15, -0.1) is 0 Å². The number of ether oxygens (including phenoxy) is 1. The number of para-hydroxylation sites is 1. The number of aromatic nitrogens is 2. The van der Waals surface area contributed by atoms with Crippen molar-refractivity contribution in [3.05, 3.63) is 84.2 Å². The van der Waals surface area contributed by atoms with Crippen LogP contribution < -0.4 is 14.8 Å². The number of nitrogens with zero attached hydrogens (tertiary/aromatic N) is 2. The summed E-state index contributed by atoms with van der Waals surface area (Å²) >= 11 is 0. The third-order valence-corrected chi connectivity index (χ3v) is 5.37. The third-order valence-electron chi connectivity index (χ3n) is 4.70. The highest BCUT2D eigenvalue weighted by Gasteiger charge is 2.08. The van der Waals surface area contributed by atoms with Gasteiger partial charge in [-0.05, 0) is 61.0 Å². The minimum Gasteiger partial charge on any atom is -0.457 e. The van der Waals surface area contributed by atoms with Crippen LogP contribution in [-0.4, -0.2) is 31.2 Å². The Labute approximate surface area is 192 Å². The van der Waals surface area contributed by atoms with Gasteiger partial charge in [0.15, 0.2) is 0 Å². The minimum atomic E-state index is -3.27. The Morgan fingerprint density at radius 1 is 1.00 bits per heavy atom. The van der Waals surface area contributed by atoms with Crippen LogP contribution in [0.3, 0.4) is 0 Å². The van der Waals surface area contributed by atoms with E-state index in [1.807, 2.05) is 73.7 Å². The van der Waals surface area contributed by atoms with E-state index in [0.717, 1.165) is 45.5 Å². The molecule has 4 aromatic rings. The first kappa shape index (κ1) is 22.3. The lowest BCUT2D eigenvalue weighted by Gasteiger charge is -2.12. The van der Waals surface area contributed by atoms with Gasteiger partial charge in [-0.3, -0.25) is 0 Å². The van der Waals surface area contributed by atoms with Gasteiger partial charge in [-0.2, -0.15) is 0 Å². The van der Waals surface area contributed by atoms with E-state index in [1.165, 1.54) is 6.33 Å². The summed E-state index contributed by atoms with van der Waals surface area (Å²) in [6.45, 7) is 2.03. The molecule has 2 N–H and O–H groups in total. The van der Waals surface area contributed by atoms with Crippen molar-refractivity contribution in [3.63, 3.8) is 0 Å². The highest BCUT2D eigenvalue weighted by Crippen LogP contribution is 2.29. The van der Waals surface area contributed by atoms with Crippen LogP contribution in [0.15, 0.2) is 73.1 Å². The maximum Gasteiger partial charge on any atom is 0.209 e. The van der Waals surface area contributed by atoms with E-state index in [4.69, 9.17) is 4.74 Å². The molecule has 0 aliphatic rings. The number of fused-ring (bicyclic) bond motifs is 1. The predicted octanol–water partition coefficient (Wildman–Crippen LogP) is 4.37. The average molecular weight is 459 g/mol. The predicted molar refractivity (Wildman–Crippen MR) is 130 cm³/mol. The molecular formula is C25H22N4O3S. The van der Waals surface area contributed by atoms with Crippen LogP contribution >= 0.6 is 0 Å². The fourth-order valence-corrected chi connectivity index (χ4v) is 3.48. The summed E-state index contributed by atoms with van der Waals surface area (Å²) in [4.78, 5) is 8.72. The zero-order valence-electron chi connectivity index (χ0n) is 18.2. The van der Waals surface area contributed by atoms with Crippen LogP contribution in [-0.2, 0) is 10.0 Å². The number of sulfonamides is 1. The highest BCUT2D eigenvalue weighted by molar-refractivity contribution is 7.88. The van der Waals surface area contributed by atoms with E-state index in [9.17, 15) is 8.42 Å². The summed E-state index contributed by atoms with van der Waals surface area (Å²) in [5.41, 5.74) is 3.35. The number of hydrogen-bond donors (Lipinski definition) is 2. The van der Waals surface area contributed by atoms with Gasteiger partial charge in [0, 0.05) is 16.6 Å². The van der Waals surface area contributed by atoms with Gasteiger partial charge >= 0.3 is 0 Å². The second kappa shape index (κ2) is 9.69. The lowest BCUT2D eigenvalue weighted by molar-refractivity contribution is 0.479. The Hall–Kier alpha value is -3.93. The molecule has 8 heteroatoms. The van der Waals surface area contributed by atoms with E-state index in [0.29, 0.717) is 5.82 Å². The lowest BCUT2D eigenvalue weighted by Crippen LogP contribution is -2.21. The molecule has 0 saturated heterocycles. The van der Waals surface area contributed by atoms with Crippen LogP contribution in [0.1, 0.15) is 11.1 Å². The Kier molecular flexibility index (Phi) is 6.54. The van der Waals surface area contributed by atoms with Crippen molar-refractivity contribution in [2.75, 3.05) is 18.1 Å². The molecule has 0 bridgehead atoms.